The van der Waals surface area contributed by atoms with Crippen LogP contribution in [0.5, 0.6) is 0 Å². The second-order valence-corrected chi connectivity index (χ2v) is 6.79. The smallest absolute Gasteiger partial charge is 0.180 e. The number of ketones is 1. The summed E-state index contributed by atoms with van der Waals surface area (Å²) in [6, 6.07) is 0. The maximum Gasteiger partial charge on any atom is 0.180 e. The van der Waals surface area contributed by atoms with Crippen LogP contribution in [-0.4, -0.2) is 39.4 Å². The molecule has 0 amide bonds. The fourth-order valence-corrected chi connectivity index (χ4v) is 2.07. The summed E-state index contributed by atoms with van der Waals surface area (Å²) in [6.07, 6.45) is 9.68. The predicted molar refractivity (Wildman–Crippen MR) is 98.7 cm³/mol. The van der Waals surface area contributed by atoms with Gasteiger partial charge in [0.2, 0.25) is 0 Å². The Morgan fingerprint density at radius 3 is 2.29 bits per heavy atom. The monoisotopic (exact) mass is 336 g/mol. The fourth-order valence-electron chi connectivity index (χ4n) is 2.07. The molecule has 0 saturated heterocycles. The number of hydrogen-bond donors (Lipinski definition) is 3. The van der Waals surface area contributed by atoms with E-state index in [1.54, 1.807) is 26.8 Å². The van der Waals surface area contributed by atoms with E-state index in [1.807, 2.05) is 26.0 Å². The summed E-state index contributed by atoms with van der Waals surface area (Å²) in [5.41, 5.74) is 1.66. The number of carbonyl (C=O) groups excluding carboxylic acids is 1. The zero-order valence-electron chi connectivity index (χ0n) is 15.5. The highest BCUT2D eigenvalue weighted by atomic mass is 16.3. The average molecular weight is 336 g/mol. The molecule has 0 radical (unpaired) electrons. The fraction of sp³-hybridized carbons (Fsp3) is 0.550. The molecule has 0 spiro atoms. The molecular weight excluding hydrogens is 304 g/mol. The van der Waals surface area contributed by atoms with Crippen LogP contribution in [0.1, 0.15) is 53.9 Å². The number of aliphatic hydroxyl groups is 3. The van der Waals surface area contributed by atoms with Gasteiger partial charge in [0.1, 0.15) is 0 Å². The first-order valence-electron chi connectivity index (χ1n) is 8.29. The molecule has 4 heteroatoms. The topological polar surface area (TPSA) is 77.8 Å². The van der Waals surface area contributed by atoms with Gasteiger partial charge in [0.15, 0.2) is 5.78 Å². The van der Waals surface area contributed by atoms with E-state index in [9.17, 15) is 15.0 Å². The summed E-state index contributed by atoms with van der Waals surface area (Å²) in [6.45, 7) is 8.81. The number of rotatable bonds is 10. The summed E-state index contributed by atoms with van der Waals surface area (Å²) in [7, 11) is 0. The number of carbonyl (C=O) groups is 1. The molecule has 136 valence electrons. The van der Waals surface area contributed by atoms with Gasteiger partial charge in [0, 0.05) is 0 Å². The SMILES string of the molecule is CC(=CC(O)CC(C)=CCO)CCC=C(C)C(=O)C=CC(C)(C)O. The van der Waals surface area contributed by atoms with Crippen molar-refractivity contribution in [3.05, 3.63) is 47.1 Å². The van der Waals surface area contributed by atoms with Crippen LogP contribution in [0.4, 0.5) is 0 Å². The molecule has 0 aromatic rings. The summed E-state index contributed by atoms with van der Waals surface area (Å²) >= 11 is 0. The van der Waals surface area contributed by atoms with Crippen LogP contribution in [0, 0.1) is 0 Å². The molecule has 0 saturated carbocycles. The van der Waals surface area contributed by atoms with Gasteiger partial charge >= 0.3 is 0 Å². The molecular formula is C20H32O4. The van der Waals surface area contributed by atoms with Crippen LogP contribution in [0.3, 0.4) is 0 Å². The standard InChI is InChI=1S/C20H32O4/c1-15(13-18(22)14-16(2)10-12-21)7-6-8-17(3)19(23)9-11-20(4,5)24/h8-11,13,18,21-22,24H,6-7,12,14H2,1-5H3. The van der Waals surface area contributed by atoms with E-state index >= 15 is 0 Å². The van der Waals surface area contributed by atoms with Crippen LogP contribution in [-0.2, 0) is 4.79 Å². The second-order valence-electron chi connectivity index (χ2n) is 6.79. The predicted octanol–water partition coefficient (Wildman–Crippen LogP) is 3.25. The molecule has 0 aliphatic heterocycles. The Labute approximate surface area is 145 Å². The first kappa shape index (κ1) is 22.5. The van der Waals surface area contributed by atoms with Crippen LogP contribution in [0.2, 0.25) is 0 Å². The highest BCUT2D eigenvalue weighted by Crippen LogP contribution is 2.12. The van der Waals surface area contributed by atoms with Crippen molar-refractivity contribution in [1.82, 2.24) is 0 Å². The van der Waals surface area contributed by atoms with Crippen molar-refractivity contribution >= 4 is 5.78 Å². The zero-order valence-corrected chi connectivity index (χ0v) is 15.5. The Hall–Kier alpha value is -1.49. The third-order valence-corrected chi connectivity index (χ3v) is 3.47. The van der Waals surface area contributed by atoms with Crippen molar-refractivity contribution in [2.45, 2.75) is 65.6 Å². The van der Waals surface area contributed by atoms with Crippen molar-refractivity contribution in [2.24, 2.45) is 0 Å². The lowest BCUT2D eigenvalue weighted by Crippen LogP contribution is -2.14. The lowest BCUT2D eigenvalue weighted by atomic mass is 10.0. The molecule has 1 unspecified atom stereocenters. The summed E-state index contributed by atoms with van der Waals surface area (Å²) < 4.78 is 0. The molecule has 0 fully saturated rings. The number of aliphatic hydroxyl groups excluding tert-OH is 2. The normalized spacial score (nSPS) is 15.9. The molecule has 0 heterocycles. The van der Waals surface area contributed by atoms with Gasteiger partial charge in [-0.1, -0.05) is 29.4 Å². The van der Waals surface area contributed by atoms with E-state index in [0.29, 0.717) is 18.4 Å². The van der Waals surface area contributed by atoms with Crippen LogP contribution in [0.25, 0.3) is 0 Å². The first-order chi connectivity index (χ1) is 11.0. The average Bonchev–Trinajstić information content (AvgIpc) is 2.43. The van der Waals surface area contributed by atoms with Gasteiger partial charge in [-0.05, 0) is 71.6 Å². The lowest BCUT2D eigenvalue weighted by molar-refractivity contribution is -0.111. The zero-order chi connectivity index (χ0) is 18.8. The Balaban J connectivity index is 4.46. The molecule has 0 aliphatic carbocycles. The van der Waals surface area contributed by atoms with Gasteiger partial charge < -0.3 is 15.3 Å². The van der Waals surface area contributed by atoms with Crippen molar-refractivity contribution in [3.8, 4) is 0 Å². The molecule has 4 nitrogen and oxygen atoms in total. The molecule has 1 atom stereocenters. The summed E-state index contributed by atoms with van der Waals surface area (Å²) in [4.78, 5) is 11.9. The van der Waals surface area contributed by atoms with Crippen molar-refractivity contribution in [2.75, 3.05) is 6.61 Å². The van der Waals surface area contributed by atoms with Crippen molar-refractivity contribution in [1.29, 1.82) is 0 Å². The van der Waals surface area contributed by atoms with Crippen LogP contribution >= 0.6 is 0 Å². The maximum atomic E-state index is 11.9. The Morgan fingerprint density at radius 1 is 1.12 bits per heavy atom. The summed E-state index contributed by atoms with van der Waals surface area (Å²) in [5.74, 6) is -0.108. The lowest BCUT2D eigenvalue weighted by Gasteiger charge is -2.09. The number of hydrogen-bond acceptors (Lipinski definition) is 4. The van der Waals surface area contributed by atoms with Crippen LogP contribution in [0.15, 0.2) is 47.1 Å². The van der Waals surface area contributed by atoms with Crippen molar-refractivity contribution < 1.29 is 20.1 Å². The number of allylic oxidation sites excluding steroid dienone is 4. The third-order valence-electron chi connectivity index (χ3n) is 3.47. The van der Waals surface area contributed by atoms with Crippen molar-refractivity contribution in [3.63, 3.8) is 0 Å². The van der Waals surface area contributed by atoms with E-state index in [1.165, 1.54) is 12.2 Å². The highest BCUT2D eigenvalue weighted by molar-refractivity contribution is 6.03. The molecule has 0 bridgehead atoms. The minimum Gasteiger partial charge on any atom is -0.392 e. The first-order valence-corrected chi connectivity index (χ1v) is 8.29. The maximum absolute atomic E-state index is 11.9. The van der Waals surface area contributed by atoms with E-state index in [4.69, 9.17) is 5.11 Å². The van der Waals surface area contributed by atoms with Gasteiger partial charge in [-0.15, -0.1) is 0 Å². The minimum atomic E-state index is -0.992. The van der Waals surface area contributed by atoms with Gasteiger partial charge in [0.05, 0.1) is 18.3 Å². The van der Waals surface area contributed by atoms with Crippen LogP contribution < -0.4 is 0 Å². The van der Waals surface area contributed by atoms with E-state index in [-0.39, 0.29) is 12.4 Å². The summed E-state index contributed by atoms with van der Waals surface area (Å²) in [5, 5.41) is 28.3. The molecule has 0 rings (SSSR count). The van der Waals surface area contributed by atoms with Gasteiger partial charge in [-0.25, -0.2) is 0 Å². The third kappa shape index (κ3) is 12.0. The molecule has 3 N–H and O–H groups in total. The van der Waals surface area contributed by atoms with E-state index in [0.717, 1.165) is 17.6 Å². The quantitative estimate of drug-likeness (QED) is 0.423. The van der Waals surface area contributed by atoms with Gasteiger partial charge in [0.25, 0.3) is 0 Å². The highest BCUT2D eigenvalue weighted by Gasteiger charge is 2.08. The van der Waals surface area contributed by atoms with Gasteiger partial charge in [-0.2, -0.15) is 0 Å². The largest absolute Gasteiger partial charge is 0.392 e. The molecule has 24 heavy (non-hydrogen) atoms. The molecule has 0 aromatic heterocycles. The molecule has 0 aliphatic rings. The second kappa shape index (κ2) is 11.1. The Bertz CT molecular complexity index is 516. The minimum absolute atomic E-state index is 0.0126. The van der Waals surface area contributed by atoms with E-state index in [2.05, 4.69) is 0 Å². The van der Waals surface area contributed by atoms with Gasteiger partial charge in [-0.3, -0.25) is 4.79 Å². The molecule has 0 aromatic carbocycles. The Morgan fingerprint density at radius 2 is 1.75 bits per heavy atom. The van der Waals surface area contributed by atoms with E-state index < -0.39 is 11.7 Å². The Kier molecular flexibility index (Phi) is 10.4.